The summed E-state index contributed by atoms with van der Waals surface area (Å²) in [5.41, 5.74) is 1.89. The van der Waals surface area contributed by atoms with Crippen molar-refractivity contribution in [2.45, 2.75) is 39.3 Å². The second-order valence-electron chi connectivity index (χ2n) is 6.41. The Morgan fingerprint density at radius 3 is 2.55 bits per heavy atom. The average Bonchev–Trinajstić information content (AvgIpc) is 2.46. The molecule has 4 heteroatoms. The van der Waals surface area contributed by atoms with Gasteiger partial charge in [0, 0.05) is 18.5 Å². The molecule has 0 bridgehead atoms. The number of hydrogen-bond acceptors (Lipinski definition) is 4. The van der Waals surface area contributed by atoms with E-state index in [4.69, 9.17) is 0 Å². The smallest absolute Gasteiger partial charge is 0.160 e. The van der Waals surface area contributed by atoms with Gasteiger partial charge in [0.1, 0.15) is 5.75 Å². The van der Waals surface area contributed by atoms with Gasteiger partial charge in [0.05, 0.1) is 6.10 Å². The largest absolute Gasteiger partial charge is 0.508 e. The lowest BCUT2D eigenvalue weighted by Gasteiger charge is -2.29. The first-order valence-electron chi connectivity index (χ1n) is 7.80. The molecule has 4 unspecified atom stereocenters. The number of benzene rings is 1. The highest BCUT2D eigenvalue weighted by Crippen LogP contribution is 2.27. The zero-order chi connectivity index (χ0) is 16.3. The van der Waals surface area contributed by atoms with Gasteiger partial charge in [0.25, 0.3) is 0 Å². The first-order chi connectivity index (χ1) is 10.4. The molecule has 2 rings (SSSR count). The molecule has 4 atom stereocenters. The minimum absolute atomic E-state index is 0.0295. The Balaban J connectivity index is 1.93. The first kappa shape index (κ1) is 16.7. The van der Waals surface area contributed by atoms with E-state index in [0.717, 1.165) is 17.6 Å². The van der Waals surface area contributed by atoms with Crippen LogP contribution < -0.4 is 5.32 Å². The summed E-state index contributed by atoms with van der Waals surface area (Å²) in [6.45, 7) is 6.56. The van der Waals surface area contributed by atoms with Crippen LogP contribution >= 0.6 is 0 Å². The fourth-order valence-electron chi connectivity index (χ4n) is 3.03. The number of allylic oxidation sites excluding steroid dienone is 2. The number of carbonyl (C=O) groups excluding carboxylic acids is 1. The minimum atomic E-state index is -0.674. The van der Waals surface area contributed by atoms with E-state index in [2.05, 4.69) is 12.2 Å². The quantitative estimate of drug-likeness (QED) is 0.782. The maximum Gasteiger partial charge on any atom is 0.160 e. The van der Waals surface area contributed by atoms with E-state index in [1.165, 1.54) is 0 Å². The zero-order valence-corrected chi connectivity index (χ0v) is 13.4. The molecule has 1 aromatic rings. The standard InChI is InChI=1S/C18H25NO3/c1-11-8-12(2)16(17(21)9-11)10-19-13(3)18(22)14-4-6-15(20)7-5-14/h4-7,9,12-13,16,18-20,22H,8,10H2,1-3H3. The van der Waals surface area contributed by atoms with Crippen molar-refractivity contribution in [3.63, 3.8) is 0 Å². The molecule has 1 aliphatic carbocycles. The number of ketones is 1. The van der Waals surface area contributed by atoms with Gasteiger partial charge < -0.3 is 15.5 Å². The topological polar surface area (TPSA) is 69.6 Å². The van der Waals surface area contributed by atoms with Crippen LogP contribution in [0.25, 0.3) is 0 Å². The molecular weight excluding hydrogens is 278 g/mol. The summed E-state index contributed by atoms with van der Waals surface area (Å²) in [6, 6.07) is 6.37. The Bertz CT molecular complexity index is 550. The van der Waals surface area contributed by atoms with Crippen LogP contribution in [0, 0.1) is 11.8 Å². The molecule has 0 aromatic heterocycles. The van der Waals surface area contributed by atoms with Gasteiger partial charge in [-0.3, -0.25) is 4.79 Å². The number of hydrogen-bond donors (Lipinski definition) is 3. The van der Waals surface area contributed by atoms with Crippen molar-refractivity contribution >= 4 is 5.78 Å². The number of carbonyl (C=O) groups is 1. The Kier molecular flexibility index (Phi) is 5.37. The van der Waals surface area contributed by atoms with Gasteiger partial charge in [-0.05, 0) is 50.0 Å². The third-order valence-electron chi connectivity index (χ3n) is 4.45. The summed E-state index contributed by atoms with van der Waals surface area (Å²) in [5.74, 6) is 0.650. The molecule has 0 spiro atoms. The summed E-state index contributed by atoms with van der Waals surface area (Å²) in [6.07, 6.45) is 2.02. The van der Waals surface area contributed by atoms with Crippen molar-refractivity contribution in [2.75, 3.05) is 6.54 Å². The molecule has 1 aromatic carbocycles. The summed E-state index contributed by atoms with van der Waals surface area (Å²) in [7, 11) is 0. The number of aromatic hydroxyl groups is 1. The summed E-state index contributed by atoms with van der Waals surface area (Å²) in [5, 5.41) is 22.9. The third-order valence-corrected chi connectivity index (χ3v) is 4.45. The van der Waals surface area contributed by atoms with Gasteiger partial charge >= 0.3 is 0 Å². The number of aliphatic hydroxyl groups excluding tert-OH is 1. The van der Waals surface area contributed by atoms with E-state index in [-0.39, 0.29) is 23.5 Å². The molecule has 22 heavy (non-hydrogen) atoms. The summed E-state index contributed by atoms with van der Waals surface area (Å²) < 4.78 is 0. The minimum Gasteiger partial charge on any atom is -0.508 e. The highest BCUT2D eigenvalue weighted by Gasteiger charge is 2.28. The van der Waals surface area contributed by atoms with Gasteiger partial charge in [-0.25, -0.2) is 0 Å². The molecule has 0 heterocycles. The van der Waals surface area contributed by atoms with Crippen molar-refractivity contribution in [2.24, 2.45) is 11.8 Å². The third kappa shape index (κ3) is 3.96. The van der Waals surface area contributed by atoms with Gasteiger partial charge in [0.15, 0.2) is 5.78 Å². The van der Waals surface area contributed by atoms with E-state index in [1.54, 1.807) is 30.3 Å². The van der Waals surface area contributed by atoms with E-state index < -0.39 is 6.10 Å². The maximum absolute atomic E-state index is 12.1. The number of phenolic OH excluding ortho intramolecular Hbond substituents is 1. The average molecular weight is 303 g/mol. The molecular formula is C18H25NO3. The Morgan fingerprint density at radius 2 is 1.95 bits per heavy atom. The second kappa shape index (κ2) is 7.07. The van der Waals surface area contributed by atoms with E-state index in [1.807, 2.05) is 13.8 Å². The van der Waals surface area contributed by atoms with Crippen LogP contribution in [-0.4, -0.2) is 28.6 Å². The number of phenols is 1. The molecule has 0 fully saturated rings. The lowest BCUT2D eigenvalue weighted by molar-refractivity contribution is -0.120. The van der Waals surface area contributed by atoms with Gasteiger partial charge in [-0.2, -0.15) is 0 Å². The van der Waals surface area contributed by atoms with Crippen LogP contribution in [0.4, 0.5) is 0 Å². The molecule has 4 nitrogen and oxygen atoms in total. The maximum atomic E-state index is 12.1. The second-order valence-corrected chi connectivity index (χ2v) is 6.41. The zero-order valence-electron chi connectivity index (χ0n) is 13.4. The molecule has 1 aliphatic rings. The fourth-order valence-corrected chi connectivity index (χ4v) is 3.03. The lowest BCUT2D eigenvalue weighted by Crippen LogP contribution is -2.40. The van der Waals surface area contributed by atoms with Crippen molar-refractivity contribution in [1.82, 2.24) is 5.32 Å². The summed E-state index contributed by atoms with van der Waals surface area (Å²) >= 11 is 0. The van der Waals surface area contributed by atoms with Crippen molar-refractivity contribution < 1.29 is 15.0 Å². The van der Waals surface area contributed by atoms with Crippen LogP contribution in [-0.2, 0) is 4.79 Å². The normalized spacial score (nSPS) is 24.7. The fraction of sp³-hybridized carbons (Fsp3) is 0.500. The van der Waals surface area contributed by atoms with Crippen molar-refractivity contribution in [3.05, 3.63) is 41.5 Å². The lowest BCUT2D eigenvalue weighted by atomic mass is 9.80. The van der Waals surface area contributed by atoms with E-state index in [9.17, 15) is 15.0 Å². The monoisotopic (exact) mass is 303 g/mol. The Hall–Kier alpha value is -1.65. The predicted molar refractivity (Wildman–Crippen MR) is 86.6 cm³/mol. The van der Waals surface area contributed by atoms with E-state index >= 15 is 0 Å². The van der Waals surface area contributed by atoms with Gasteiger partial charge in [-0.15, -0.1) is 0 Å². The molecule has 0 saturated heterocycles. The molecule has 0 radical (unpaired) electrons. The number of rotatable bonds is 5. The number of nitrogens with one attached hydrogen (secondary N) is 1. The molecule has 3 N–H and O–H groups in total. The number of aliphatic hydroxyl groups is 1. The van der Waals surface area contributed by atoms with Crippen LogP contribution in [0.5, 0.6) is 5.75 Å². The van der Waals surface area contributed by atoms with Crippen LogP contribution in [0.2, 0.25) is 0 Å². The molecule has 0 aliphatic heterocycles. The highest BCUT2D eigenvalue weighted by atomic mass is 16.3. The van der Waals surface area contributed by atoms with Crippen molar-refractivity contribution in [3.8, 4) is 5.75 Å². The van der Waals surface area contributed by atoms with Crippen molar-refractivity contribution in [1.29, 1.82) is 0 Å². The van der Waals surface area contributed by atoms with E-state index in [0.29, 0.717) is 12.5 Å². The van der Waals surface area contributed by atoms with Gasteiger partial charge in [-0.1, -0.05) is 24.6 Å². The van der Waals surface area contributed by atoms with Crippen LogP contribution in [0.15, 0.2) is 35.9 Å². The molecule has 0 saturated carbocycles. The summed E-state index contributed by atoms with van der Waals surface area (Å²) in [4.78, 5) is 12.1. The SMILES string of the molecule is CC1=CC(=O)C(CNC(C)C(O)c2ccc(O)cc2)C(C)C1. The van der Waals surface area contributed by atoms with Gasteiger partial charge in [0.2, 0.25) is 0 Å². The van der Waals surface area contributed by atoms with Crippen LogP contribution in [0.3, 0.4) is 0 Å². The first-order valence-corrected chi connectivity index (χ1v) is 7.80. The Labute approximate surface area is 131 Å². The Morgan fingerprint density at radius 1 is 1.32 bits per heavy atom. The van der Waals surface area contributed by atoms with Crippen LogP contribution in [0.1, 0.15) is 38.9 Å². The highest BCUT2D eigenvalue weighted by molar-refractivity contribution is 5.93. The predicted octanol–water partition coefficient (Wildman–Crippen LogP) is 2.58. The molecule has 120 valence electrons. The molecule has 0 amide bonds.